The number of aryl methyl sites for hydroxylation is 1. The second-order valence-electron chi connectivity index (χ2n) is 6.05. The predicted octanol–water partition coefficient (Wildman–Crippen LogP) is 0.970. The number of nitrogens with one attached hydrogen (secondary N) is 1. The normalized spacial score (nSPS) is 24.0. The lowest BCUT2D eigenvalue weighted by Gasteiger charge is -2.29. The Balaban J connectivity index is 1.60. The van der Waals surface area contributed by atoms with E-state index < -0.39 is 0 Å². The van der Waals surface area contributed by atoms with Crippen molar-refractivity contribution in [3.8, 4) is 0 Å². The molecule has 1 aliphatic carbocycles. The molecule has 0 spiro atoms. The van der Waals surface area contributed by atoms with Gasteiger partial charge in [0.05, 0.1) is 18.7 Å². The van der Waals surface area contributed by atoms with Crippen LogP contribution in [0, 0.1) is 0 Å². The average Bonchev–Trinajstić information content (AvgIpc) is 3.01. The van der Waals surface area contributed by atoms with Crippen molar-refractivity contribution in [3.05, 3.63) is 18.0 Å². The molecule has 0 bridgehead atoms. The number of likely N-dealkylation sites (tertiary alicyclic amines) is 1. The minimum atomic E-state index is -0.375. The summed E-state index contributed by atoms with van der Waals surface area (Å²) in [5.74, 6) is -0.0635. The van der Waals surface area contributed by atoms with Crippen molar-refractivity contribution in [1.82, 2.24) is 20.0 Å². The third-order valence-electron chi connectivity index (χ3n) is 4.43. The van der Waals surface area contributed by atoms with Gasteiger partial charge in [0.25, 0.3) is 0 Å². The summed E-state index contributed by atoms with van der Waals surface area (Å²) in [6.45, 7) is 0.566. The van der Waals surface area contributed by atoms with E-state index >= 15 is 0 Å². The van der Waals surface area contributed by atoms with Gasteiger partial charge in [-0.05, 0) is 12.8 Å². The summed E-state index contributed by atoms with van der Waals surface area (Å²) >= 11 is 0. The van der Waals surface area contributed by atoms with Crippen LogP contribution in [0.15, 0.2) is 12.4 Å². The van der Waals surface area contributed by atoms with Crippen LogP contribution in [0.1, 0.15) is 44.1 Å². The number of hydrogen-bond acceptors (Lipinski definition) is 4. The highest BCUT2D eigenvalue weighted by molar-refractivity contribution is 6.05. The highest BCUT2D eigenvalue weighted by Crippen LogP contribution is 2.27. The van der Waals surface area contributed by atoms with Crippen LogP contribution in [0.25, 0.3) is 0 Å². The maximum atomic E-state index is 12.5. The molecular formula is C15H22N4O2. The van der Waals surface area contributed by atoms with Gasteiger partial charge in [0.15, 0.2) is 0 Å². The summed E-state index contributed by atoms with van der Waals surface area (Å²) in [6.07, 6.45) is 9.36. The summed E-state index contributed by atoms with van der Waals surface area (Å²) < 4.78 is 1.73. The fourth-order valence-electron chi connectivity index (χ4n) is 3.34. The van der Waals surface area contributed by atoms with Gasteiger partial charge in [-0.1, -0.05) is 19.3 Å². The van der Waals surface area contributed by atoms with E-state index in [0.29, 0.717) is 6.54 Å². The van der Waals surface area contributed by atoms with Crippen LogP contribution < -0.4 is 5.32 Å². The zero-order valence-electron chi connectivity index (χ0n) is 12.4. The molecule has 2 fully saturated rings. The Bertz CT molecular complexity index is 534. The first kappa shape index (κ1) is 14.3. The van der Waals surface area contributed by atoms with Crippen molar-refractivity contribution in [3.63, 3.8) is 0 Å². The third kappa shape index (κ3) is 3.00. The number of amides is 2. The van der Waals surface area contributed by atoms with Crippen LogP contribution in [0.5, 0.6) is 0 Å². The summed E-state index contributed by atoms with van der Waals surface area (Å²) in [5, 5.41) is 7.29. The maximum Gasteiger partial charge on any atom is 0.247 e. The second kappa shape index (κ2) is 5.97. The molecule has 1 N–H and O–H groups in total. The Morgan fingerprint density at radius 3 is 2.71 bits per heavy atom. The van der Waals surface area contributed by atoms with E-state index in [1.54, 1.807) is 10.9 Å². The van der Waals surface area contributed by atoms with Crippen LogP contribution in [0.2, 0.25) is 0 Å². The van der Waals surface area contributed by atoms with Gasteiger partial charge < -0.3 is 5.32 Å². The standard InChI is InChI=1S/C15H22N4O2/c1-18-10-11(9-17-18)8-16-13-7-14(20)19(15(13)21)12-5-3-2-4-6-12/h9-10,12-13,16H,2-8H2,1H3. The first-order chi connectivity index (χ1) is 10.1. The third-order valence-corrected chi connectivity index (χ3v) is 4.43. The molecule has 1 aromatic rings. The molecule has 1 unspecified atom stereocenters. The molecule has 2 aliphatic rings. The summed E-state index contributed by atoms with van der Waals surface area (Å²) in [7, 11) is 1.86. The minimum absolute atomic E-state index is 0.0180. The van der Waals surface area contributed by atoms with E-state index in [4.69, 9.17) is 0 Å². The van der Waals surface area contributed by atoms with Crippen LogP contribution >= 0.6 is 0 Å². The van der Waals surface area contributed by atoms with E-state index in [-0.39, 0.29) is 30.3 Å². The average molecular weight is 290 g/mol. The van der Waals surface area contributed by atoms with Gasteiger partial charge in [0.2, 0.25) is 11.8 Å². The number of imide groups is 1. The SMILES string of the molecule is Cn1cc(CNC2CC(=O)N(C3CCCCC3)C2=O)cn1. The van der Waals surface area contributed by atoms with Gasteiger partial charge in [-0.3, -0.25) is 19.2 Å². The van der Waals surface area contributed by atoms with Crippen LogP contribution in [-0.2, 0) is 23.2 Å². The van der Waals surface area contributed by atoms with Crippen molar-refractivity contribution in [2.24, 2.45) is 7.05 Å². The zero-order chi connectivity index (χ0) is 14.8. The van der Waals surface area contributed by atoms with E-state index in [1.165, 1.54) is 11.3 Å². The lowest BCUT2D eigenvalue weighted by Crippen LogP contribution is -2.44. The van der Waals surface area contributed by atoms with Crippen molar-refractivity contribution in [1.29, 1.82) is 0 Å². The molecule has 21 heavy (non-hydrogen) atoms. The molecule has 1 aliphatic heterocycles. The fraction of sp³-hybridized carbons (Fsp3) is 0.667. The summed E-state index contributed by atoms with van der Waals surface area (Å²) in [6, 6.07) is -0.247. The van der Waals surface area contributed by atoms with Crippen molar-refractivity contribution >= 4 is 11.8 Å². The largest absolute Gasteiger partial charge is 0.301 e. The van der Waals surface area contributed by atoms with E-state index in [9.17, 15) is 9.59 Å². The Kier molecular flexibility index (Phi) is 4.05. The molecule has 3 rings (SSSR count). The van der Waals surface area contributed by atoms with Crippen molar-refractivity contribution < 1.29 is 9.59 Å². The number of hydrogen-bond donors (Lipinski definition) is 1. The topological polar surface area (TPSA) is 67.2 Å². The molecule has 0 aromatic carbocycles. The van der Waals surface area contributed by atoms with E-state index in [0.717, 1.165) is 31.2 Å². The fourth-order valence-corrected chi connectivity index (χ4v) is 3.34. The van der Waals surface area contributed by atoms with Gasteiger partial charge in [0, 0.05) is 31.4 Å². The molecule has 1 aromatic heterocycles. The number of carbonyl (C=O) groups is 2. The highest BCUT2D eigenvalue weighted by Gasteiger charge is 2.42. The first-order valence-electron chi connectivity index (χ1n) is 7.72. The smallest absolute Gasteiger partial charge is 0.247 e. The van der Waals surface area contributed by atoms with Crippen LogP contribution in [0.4, 0.5) is 0 Å². The van der Waals surface area contributed by atoms with Crippen LogP contribution in [-0.4, -0.2) is 38.6 Å². The summed E-state index contributed by atoms with van der Waals surface area (Å²) in [4.78, 5) is 26.1. The van der Waals surface area contributed by atoms with Crippen LogP contribution in [0.3, 0.4) is 0 Å². The molecular weight excluding hydrogens is 268 g/mol. The highest BCUT2D eigenvalue weighted by atomic mass is 16.2. The van der Waals surface area contributed by atoms with Crippen molar-refractivity contribution in [2.45, 2.75) is 57.2 Å². The molecule has 1 saturated heterocycles. The molecule has 2 heterocycles. The molecule has 2 amide bonds. The Morgan fingerprint density at radius 2 is 2.05 bits per heavy atom. The molecule has 1 atom stereocenters. The maximum absolute atomic E-state index is 12.5. The lowest BCUT2D eigenvalue weighted by atomic mass is 9.94. The molecule has 114 valence electrons. The zero-order valence-corrected chi connectivity index (χ0v) is 12.4. The monoisotopic (exact) mass is 290 g/mol. The Morgan fingerprint density at radius 1 is 1.29 bits per heavy atom. The number of rotatable bonds is 4. The number of nitrogens with zero attached hydrogens (tertiary/aromatic N) is 3. The minimum Gasteiger partial charge on any atom is -0.301 e. The van der Waals surface area contributed by atoms with Crippen molar-refractivity contribution in [2.75, 3.05) is 0 Å². The second-order valence-corrected chi connectivity index (χ2v) is 6.05. The first-order valence-corrected chi connectivity index (χ1v) is 7.72. The predicted molar refractivity (Wildman–Crippen MR) is 77.2 cm³/mol. The van der Waals surface area contributed by atoms with E-state index in [1.807, 2.05) is 13.2 Å². The quantitative estimate of drug-likeness (QED) is 0.839. The molecule has 1 saturated carbocycles. The molecule has 6 nitrogen and oxygen atoms in total. The van der Waals surface area contributed by atoms with Gasteiger partial charge in [-0.2, -0.15) is 5.10 Å². The van der Waals surface area contributed by atoms with Gasteiger partial charge in [0.1, 0.15) is 0 Å². The van der Waals surface area contributed by atoms with Gasteiger partial charge in [-0.15, -0.1) is 0 Å². The number of carbonyl (C=O) groups excluding carboxylic acids is 2. The van der Waals surface area contributed by atoms with Gasteiger partial charge in [-0.25, -0.2) is 0 Å². The lowest BCUT2D eigenvalue weighted by molar-refractivity contribution is -0.142. The summed E-state index contributed by atoms with van der Waals surface area (Å²) in [5.41, 5.74) is 1.02. The number of aromatic nitrogens is 2. The Labute approximate surface area is 124 Å². The molecule has 6 heteroatoms. The van der Waals surface area contributed by atoms with E-state index in [2.05, 4.69) is 10.4 Å². The Hall–Kier alpha value is -1.69. The molecule has 0 radical (unpaired) electrons. The van der Waals surface area contributed by atoms with Gasteiger partial charge >= 0.3 is 0 Å².